The van der Waals surface area contributed by atoms with Crippen molar-refractivity contribution in [2.75, 3.05) is 17.2 Å². The summed E-state index contributed by atoms with van der Waals surface area (Å²) in [5.74, 6) is 0.870. The molecule has 1 unspecified atom stereocenters. The monoisotopic (exact) mass is 466 g/mol. The van der Waals surface area contributed by atoms with Gasteiger partial charge in [0.15, 0.2) is 18.5 Å². The molecule has 5 rings (SSSR count). The smallest absolute Gasteiger partial charge is 0.308 e. The maximum absolute atomic E-state index is 12.6. The van der Waals surface area contributed by atoms with Crippen LogP contribution in [0.15, 0.2) is 24.3 Å². The molecule has 1 aliphatic heterocycles. The third-order valence-electron chi connectivity index (χ3n) is 6.11. The number of hydrogen-bond donors (Lipinski definition) is 1. The van der Waals surface area contributed by atoms with E-state index in [9.17, 15) is 9.59 Å². The van der Waals surface area contributed by atoms with Crippen molar-refractivity contribution in [2.45, 2.75) is 58.2 Å². The molecule has 33 heavy (non-hydrogen) atoms. The van der Waals surface area contributed by atoms with Crippen LogP contribution in [-0.2, 0) is 33.8 Å². The summed E-state index contributed by atoms with van der Waals surface area (Å²) >= 11 is 1.67. The number of nitrogens with two attached hydrogens (primary N) is 1. The van der Waals surface area contributed by atoms with Gasteiger partial charge in [-0.05, 0) is 50.3 Å². The highest BCUT2D eigenvalue weighted by atomic mass is 32.1. The number of thiophene rings is 1. The quantitative estimate of drug-likeness (QED) is 0.450. The Kier molecular flexibility index (Phi) is 5.88. The summed E-state index contributed by atoms with van der Waals surface area (Å²) in [5, 5.41) is 0.964. The predicted molar refractivity (Wildman–Crippen MR) is 126 cm³/mol. The zero-order valence-corrected chi connectivity index (χ0v) is 19.3. The molecule has 9 heteroatoms. The molecule has 1 atom stereocenters. The summed E-state index contributed by atoms with van der Waals surface area (Å²) in [4.78, 5) is 37.8. The van der Waals surface area contributed by atoms with E-state index in [-0.39, 0.29) is 25.5 Å². The number of rotatable bonds is 5. The standard InChI is InChI=1S/C24H26N4O4S/c1-14-24(30)28(16-8-5-6-9-17(16)32-14)12-11-20(29)31-13-19-26-22(25)21-15-7-3-2-4-10-18(15)33-23(21)27-19/h5-6,8-9,14H,2-4,7,10-13H2,1H3,(H2,25,26,27). The van der Waals surface area contributed by atoms with E-state index in [0.29, 0.717) is 23.1 Å². The topological polar surface area (TPSA) is 108 Å². The molecule has 2 N–H and O–H groups in total. The second-order valence-electron chi connectivity index (χ2n) is 8.40. The first kappa shape index (κ1) is 21.6. The van der Waals surface area contributed by atoms with E-state index in [1.54, 1.807) is 29.2 Å². The van der Waals surface area contributed by atoms with Crippen molar-refractivity contribution in [2.24, 2.45) is 0 Å². The van der Waals surface area contributed by atoms with Gasteiger partial charge in [0.05, 0.1) is 17.5 Å². The first-order chi connectivity index (χ1) is 16.0. The van der Waals surface area contributed by atoms with Crippen molar-refractivity contribution in [1.29, 1.82) is 0 Å². The molecular formula is C24H26N4O4S. The van der Waals surface area contributed by atoms with Gasteiger partial charge < -0.3 is 20.1 Å². The fourth-order valence-electron chi connectivity index (χ4n) is 4.48. The summed E-state index contributed by atoms with van der Waals surface area (Å²) in [6.07, 6.45) is 5.11. The fourth-order valence-corrected chi connectivity index (χ4v) is 5.77. The van der Waals surface area contributed by atoms with Crippen LogP contribution in [0.1, 0.15) is 48.9 Å². The van der Waals surface area contributed by atoms with Crippen molar-refractivity contribution < 1.29 is 19.1 Å². The van der Waals surface area contributed by atoms with Gasteiger partial charge >= 0.3 is 5.97 Å². The summed E-state index contributed by atoms with van der Waals surface area (Å²) in [6.45, 7) is 1.86. The summed E-state index contributed by atoms with van der Waals surface area (Å²) in [5.41, 5.74) is 8.22. The molecule has 2 aliphatic rings. The summed E-state index contributed by atoms with van der Waals surface area (Å²) in [7, 11) is 0. The van der Waals surface area contributed by atoms with Gasteiger partial charge in [-0.3, -0.25) is 9.59 Å². The third-order valence-corrected chi connectivity index (χ3v) is 7.30. The average Bonchev–Trinajstić information content (AvgIpc) is 3.00. The fraction of sp³-hybridized carbons (Fsp3) is 0.417. The lowest BCUT2D eigenvalue weighted by Crippen LogP contribution is -2.45. The average molecular weight is 467 g/mol. The number of aryl methyl sites for hydroxylation is 2. The maximum atomic E-state index is 12.6. The Bertz CT molecular complexity index is 1220. The van der Waals surface area contributed by atoms with Crippen molar-refractivity contribution in [3.05, 3.63) is 40.5 Å². The molecule has 0 fully saturated rings. The molecule has 2 aromatic heterocycles. The van der Waals surface area contributed by atoms with E-state index < -0.39 is 12.1 Å². The number of aromatic nitrogens is 2. The lowest BCUT2D eigenvalue weighted by Gasteiger charge is -2.32. The number of carbonyl (C=O) groups is 2. The Morgan fingerprint density at radius 2 is 2.06 bits per heavy atom. The van der Waals surface area contributed by atoms with Crippen LogP contribution in [0.4, 0.5) is 11.5 Å². The van der Waals surface area contributed by atoms with E-state index in [1.807, 2.05) is 18.2 Å². The van der Waals surface area contributed by atoms with Gasteiger partial charge in [0.25, 0.3) is 5.91 Å². The minimum Gasteiger partial charge on any atom is -0.479 e. The van der Waals surface area contributed by atoms with Gasteiger partial charge in [-0.2, -0.15) is 0 Å². The van der Waals surface area contributed by atoms with Crippen molar-refractivity contribution in [3.63, 3.8) is 0 Å². The van der Waals surface area contributed by atoms with E-state index in [1.165, 1.54) is 23.3 Å². The van der Waals surface area contributed by atoms with E-state index in [0.717, 1.165) is 29.5 Å². The first-order valence-corrected chi connectivity index (χ1v) is 12.1. The number of carbonyl (C=O) groups excluding carboxylic acids is 2. The van der Waals surface area contributed by atoms with Crippen LogP contribution in [0.5, 0.6) is 5.75 Å². The number of anilines is 2. The molecule has 3 aromatic rings. The van der Waals surface area contributed by atoms with Crippen LogP contribution >= 0.6 is 11.3 Å². The molecule has 0 radical (unpaired) electrons. The Morgan fingerprint density at radius 3 is 2.94 bits per heavy atom. The molecule has 8 nitrogen and oxygen atoms in total. The number of benzene rings is 1. The second kappa shape index (κ2) is 8.97. The molecule has 3 heterocycles. The van der Waals surface area contributed by atoms with Gasteiger partial charge in [-0.1, -0.05) is 18.6 Å². The van der Waals surface area contributed by atoms with Crippen LogP contribution in [0.2, 0.25) is 0 Å². The molecular weight excluding hydrogens is 440 g/mol. The SMILES string of the molecule is CC1Oc2ccccc2N(CCC(=O)OCc2nc(N)c3c4c(sc3n2)CCCCC4)C1=O. The minimum atomic E-state index is -0.597. The van der Waals surface area contributed by atoms with Gasteiger partial charge in [-0.25, -0.2) is 9.97 Å². The third kappa shape index (κ3) is 4.25. The van der Waals surface area contributed by atoms with Crippen LogP contribution in [0.25, 0.3) is 10.2 Å². The lowest BCUT2D eigenvalue weighted by atomic mass is 10.1. The number of ether oxygens (including phenoxy) is 2. The van der Waals surface area contributed by atoms with Crippen LogP contribution in [0.3, 0.4) is 0 Å². The van der Waals surface area contributed by atoms with Gasteiger partial charge in [0, 0.05) is 11.4 Å². The van der Waals surface area contributed by atoms with Crippen LogP contribution in [0, 0.1) is 0 Å². The van der Waals surface area contributed by atoms with Crippen molar-refractivity contribution in [1.82, 2.24) is 9.97 Å². The molecule has 172 valence electrons. The normalized spacial score (nSPS) is 17.8. The number of nitrogen functional groups attached to an aromatic ring is 1. The van der Waals surface area contributed by atoms with Crippen molar-refractivity contribution in [3.8, 4) is 5.75 Å². The molecule has 0 saturated heterocycles. The van der Waals surface area contributed by atoms with E-state index in [2.05, 4.69) is 9.97 Å². The Balaban J connectivity index is 1.24. The summed E-state index contributed by atoms with van der Waals surface area (Å²) in [6, 6.07) is 7.30. The van der Waals surface area contributed by atoms with Crippen LogP contribution in [-0.4, -0.2) is 34.5 Å². The number of fused-ring (bicyclic) bond motifs is 4. The lowest BCUT2D eigenvalue weighted by molar-refractivity contribution is -0.145. The Hall–Kier alpha value is -3.20. The molecule has 0 saturated carbocycles. The highest BCUT2D eigenvalue weighted by Crippen LogP contribution is 2.37. The van der Waals surface area contributed by atoms with E-state index >= 15 is 0 Å². The number of nitrogens with zero attached hydrogens (tertiary/aromatic N) is 3. The zero-order valence-electron chi connectivity index (χ0n) is 18.5. The van der Waals surface area contributed by atoms with E-state index in [4.69, 9.17) is 15.2 Å². The van der Waals surface area contributed by atoms with Gasteiger partial charge in [0.1, 0.15) is 16.4 Å². The number of para-hydroxylation sites is 2. The molecule has 1 amide bonds. The molecule has 1 aromatic carbocycles. The largest absolute Gasteiger partial charge is 0.479 e. The highest BCUT2D eigenvalue weighted by molar-refractivity contribution is 7.19. The predicted octanol–water partition coefficient (Wildman–Crippen LogP) is 3.79. The van der Waals surface area contributed by atoms with Crippen LogP contribution < -0.4 is 15.4 Å². The summed E-state index contributed by atoms with van der Waals surface area (Å²) < 4.78 is 11.0. The zero-order chi connectivity index (χ0) is 22.9. The highest BCUT2D eigenvalue weighted by Gasteiger charge is 2.31. The second-order valence-corrected chi connectivity index (χ2v) is 9.48. The Morgan fingerprint density at radius 1 is 1.24 bits per heavy atom. The Labute approximate surface area is 195 Å². The molecule has 1 aliphatic carbocycles. The number of esters is 1. The van der Waals surface area contributed by atoms with Gasteiger partial charge in [0.2, 0.25) is 0 Å². The molecule has 0 spiro atoms. The minimum absolute atomic E-state index is 0.0500. The maximum Gasteiger partial charge on any atom is 0.308 e. The van der Waals surface area contributed by atoms with Gasteiger partial charge in [-0.15, -0.1) is 11.3 Å². The number of hydrogen-bond acceptors (Lipinski definition) is 8. The van der Waals surface area contributed by atoms with Crippen molar-refractivity contribution >= 4 is 44.9 Å². The molecule has 0 bridgehead atoms. The number of amides is 1. The first-order valence-electron chi connectivity index (χ1n) is 11.3.